The molecule has 0 aliphatic heterocycles. The average Bonchev–Trinajstić information content (AvgIpc) is 2.03. The third-order valence-electron chi connectivity index (χ3n) is 1.37. The van der Waals surface area contributed by atoms with Gasteiger partial charge in [0, 0.05) is 6.42 Å². The second-order valence-electron chi connectivity index (χ2n) is 2.24. The summed E-state index contributed by atoms with van der Waals surface area (Å²) in [5.41, 5.74) is 4.75. The third kappa shape index (κ3) is 2.45. The Balaban J connectivity index is 3.04. The summed E-state index contributed by atoms with van der Waals surface area (Å²) in [5, 5.41) is 0. The first kappa shape index (κ1) is 9.53. The zero-order valence-corrected chi connectivity index (χ0v) is 7.37. The minimum absolute atomic E-state index is 0.0108. The number of allylic oxidation sites excluding steroid dienone is 4. The highest BCUT2D eigenvalue weighted by Crippen LogP contribution is 2.09. The Morgan fingerprint density at radius 2 is 2.23 bits per heavy atom. The van der Waals surface area contributed by atoms with Gasteiger partial charge in [-0.15, -0.1) is 0 Å². The molecule has 0 spiro atoms. The van der Waals surface area contributed by atoms with Crippen molar-refractivity contribution in [2.45, 2.75) is 6.42 Å². The molecule has 0 atom stereocenters. The largest absolute Gasteiger partial charge is 0.410 e. The Labute approximate surface area is 76.0 Å². The van der Waals surface area contributed by atoms with Crippen molar-refractivity contribution >= 4 is 21.3 Å². The fourth-order valence-electron chi connectivity index (χ4n) is 0.874. The predicted molar refractivity (Wildman–Crippen MR) is 46.4 cm³/mol. The van der Waals surface area contributed by atoms with Gasteiger partial charge < -0.3 is 10.5 Å². The van der Waals surface area contributed by atoms with Crippen molar-refractivity contribution in [3.8, 4) is 0 Å². The molecule has 0 aromatic heterocycles. The van der Waals surface area contributed by atoms with Gasteiger partial charge in [0.1, 0.15) is 4.86 Å². The second kappa shape index (κ2) is 3.90. The van der Waals surface area contributed by atoms with Crippen LogP contribution in [0.4, 0.5) is 4.79 Å². The number of hydrogen-bond donors (Lipinski definition) is 1. The van der Waals surface area contributed by atoms with Gasteiger partial charge in [-0.25, -0.2) is 4.79 Å². The van der Waals surface area contributed by atoms with Crippen LogP contribution in [-0.2, 0) is 15.0 Å². The summed E-state index contributed by atoms with van der Waals surface area (Å²) in [7, 11) is -2.38. The van der Waals surface area contributed by atoms with E-state index in [-0.39, 0.29) is 17.0 Å². The van der Waals surface area contributed by atoms with E-state index in [4.69, 9.17) is 5.73 Å². The van der Waals surface area contributed by atoms with Gasteiger partial charge in [-0.05, 0) is 6.08 Å². The number of primary amides is 1. The van der Waals surface area contributed by atoms with Gasteiger partial charge in [-0.1, -0.05) is 12.2 Å². The number of carbonyl (C=O) groups excluding carboxylic acids is 1. The topological polar surface area (TPSA) is 86.5 Å². The number of rotatable bonds is 1. The average molecular weight is 201 g/mol. The van der Waals surface area contributed by atoms with Gasteiger partial charge in [0.05, 0.1) is 0 Å². The van der Waals surface area contributed by atoms with Crippen molar-refractivity contribution in [1.82, 2.24) is 0 Å². The lowest BCUT2D eigenvalue weighted by atomic mass is 10.2. The molecule has 70 valence electrons. The van der Waals surface area contributed by atoms with E-state index >= 15 is 0 Å². The molecule has 0 radical (unpaired) electrons. The van der Waals surface area contributed by atoms with Crippen LogP contribution in [0.2, 0.25) is 0 Å². The van der Waals surface area contributed by atoms with E-state index in [1.807, 2.05) is 0 Å². The van der Waals surface area contributed by atoms with Crippen molar-refractivity contribution in [2.75, 3.05) is 0 Å². The SMILES string of the molecule is NC(=O)OC1=CC=CCC1=S(=O)=O. The van der Waals surface area contributed by atoms with Crippen molar-refractivity contribution in [3.05, 3.63) is 24.0 Å². The number of carbonyl (C=O) groups is 1. The van der Waals surface area contributed by atoms with Crippen LogP contribution in [0.25, 0.3) is 0 Å². The lowest BCUT2D eigenvalue weighted by Crippen LogP contribution is -2.18. The molecular weight excluding hydrogens is 194 g/mol. The van der Waals surface area contributed by atoms with Gasteiger partial charge in [0.25, 0.3) is 0 Å². The molecule has 0 unspecified atom stereocenters. The Hall–Kier alpha value is -1.56. The number of nitrogens with two attached hydrogens (primary N) is 1. The Kier molecular flexibility index (Phi) is 2.86. The molecule has 2 N–H and O–H groups in total. The van der Waals surface area contributed by atoms with Crippen LogP contribution in [-0.4, -0.2) is 19.4 Å². The van der Waals surface area contributed by atoms with Gasteiger partial charge in [-0.3, -0.25) is 0 Å². The molecule has 5 nitrogen and oxygen atoms in total. The first-order chi connectivity index (χ1) is 6.11. The molecule has 6 heteroatoms. The van der Waals surface area contributed by atoms with Crippen LogP contribution in [0.15, 0.2) is 24.0 Å². The van der Waals surface area contributed by atoms with E-state index in [0.717, 1.165) is 0 Å². The number of ether oxygens (including phenoxy) is 1. The highest BCUT2D eigenvalue weighted by Gasteiger charge is 2.13. The zero-order valence-electron chi connectivity index (χ0n) is 6.56. The molecule has 0 aromatic carbocycles. The monoisotopic (exact) mass is 201 g/mol. The summed E-state index contributed by atoms with van der Waals surface area (Å²) >= 11 is 0. The van der Waals surface area contributed by atoms with Gasteiger partial charge in [-0.2, -0.15) is 8.42 Å². The molecular formula is C7H7NO4S. The molecule has 0 saturated carbocycles. The lowest BCUT2D eigenvalue weighted by Gasteiger charge is -2.07. The second-order valence-corrected chi connectivity index (χ2v) is 3.20. The Morgan fingerprint density at radius 3 is 2.77 bits per heavy atom. The van der Waals surface area contributed by atoms with E-state index in [1.54, 1.807) is 12.2 Å². The normalized spacial score (nSPS) is 15.1. The van der Waals surface area contributed by atoms with E-state index in [9.17, 15) is 13.2 Å². The minimum atomic E-state index is -2.38. The summed E-state index contributed by atoms with van der Waals surface area (Å²) in [6.45, 7) is 0. The maximum atomic E-state index is 10.6. The van der Waals surface area contributed by atoms with Crippen molar-refractivity contribution < 1.29 is 17.9 Å². The third-order valence-corrected chi connectivity index (χ3v) is 2.14. The molecule has 1 rings (SSSR count). The van der Waals surface area contributed by atoms with E-state index < -0.39 is 16.4 Å². The van der Waals surface area contributed by atoms with Crippen LogP contribution in [0.1, 0.15) is 6.42 Å². The molecule has 1 aliphatic rings. The van der Waals surface area contributed by atoms with Crippen LogP contribution in [0.5, 0.6) is 0 Å². The molecule has 0 fully saturated rings. The molecule has 0 bridgehead atoms. The summed E-state index contributed by atoms with van der Waals surface area (Å²) in [5.74, 6) is -0.0108. The summed E-state index contributed by atoms with van der Waals surface area (Å²) in [4.78, 5) is 10.4. The first-order valence-corrected chi connectivity index (χ1v) is 4.48. The van der Waals surface area contributed by atoms with E-state index in [1.165, 1.54) is 6.08 Å². The van der Waals surface area contributed by atoms with Crippen molar-refractivity contribution in [3.63, 3.8) is 0 Å². The molecule has 1 aliphatic carbocycles. The molecule has 13 heavy (non-hydrogen) atoms. The molecule has 0 saturated heterocycles. The highest BCUT2D eigenvalue weighted by molar-refractivity contribution is 7.73. The van der Waals surface area contributed by atoms with Crippen molar-refractivity contribution in [1.29, 1.82) is 0 Å². The van der Waals surface area contributed by atoms with Gasteiger partial charge in [0.15, 0.2) is 5.76 Å². The van der Waals surface area contributed by atoms with Crippen LogP contribution in [0.3, 0.4) is 0 Å². The molecule has 0 aromatic rings. The van der Waals surface area contributed by atoms with Crippen molar-refractivity contribution in [2.24, 2.45) is 5.73 Å². The molecule has 1 amide bonds. The fraction of sp³-hybridized carbons (Fsp3) is 0.143. The van der Waals surface area contributed by atoms with Gasteiger partial charge >= 0.3 is 6.09 Å². The first-order valence-electron chi connectivity index (χ1n) is 3.41. The fourth-order valence-corrected chi connectivity index (χ4v) is 1.38. The minimum Gasteiger partial charge on any atom is -0.409 e. The number of hydrogen-bond acceptors (Lipinski definition) is 4. The maximum absolute atomic E-state index is 10.6. The summed E-state index contributed by atoms with van der Waals surface area (Å²) < 4.78 is 25.7. The van der Waals surface area contributed by atoms with Crippen LogP contribution >= 0.6 is 0 Å². The summed E-state index contributed by atoms with van der Waals surface area (Å²) in [6, 6.07) is 0. The number of amides is 1. The molecule has 0 heterocycles. The van der Waals surface area contributed by atoms with Crippen LogP contribution in [0, 0.1) is 0 Å². The van der Waals surface area contributed by atoms with E-state index in [0.29, 0.717) is 0 Å². The Bertz CT molecular complexity index is 408. The lowest BCUT2D eigenvalue weighted by molar-refractivity contribution is 0.192. The van der Waals surface area contributed by atoms with E-state index in [2.05, 4.69) is 4.74 Å². The Morgan fingerprint density at radius 1 is 1.54 bits per heavy atom. The maximum Gasteiger partial charge on any atom is 0.410 e. The zero-order chi connectivity index (χ0) is 9.84. The standard InChI is InChI=1S/C7H7NO4S/c8-7(9)12-5-3-1-2-4-6(5)13(10)11/h1-3H,4H2,(H2,8,9). The smallest absolute Gasteiger partial charge is 0.409 e. The highest BCUT2D eigenvalue weighted by atomic mass is 32.2. The van der Waals surface area contributed by atoms with Gasteiger partial charge in [0.2, 0.25) is 10.3 Å². The quantitative estimate of drug-likeness (QED) is 0.604. The predicted octanol–water partition coefficient (Wildman–Crippen LogP) is -0.0230. The summed E-state index contributed by atoms with van der Waals surface area (Å²) in [6.07, 6.45) is 3.80. The van der Waals surface area contributed by atoms with Crippen LogP contribution < -0.4 is 5.73 Å².